The molecule has 138 valence electrons. The molecular weight excluding hydrogens is 372 g/mol. The zero-order valence-electron chi connectivity index (χ0n) is 14.9. The lowest BCUT2D eigenvalue weighted by atomic mass is 10.1. The Morgan fingerprint density at radius 3 is 2.50 bits per heavy atom. The summed E-state index contributed by atoms with van der Waals surface area (Å²) in [4.78, 5) is 17.0. The lowest BCUT2D eigenvalue weighted by molar-refractivity contribution is 0.0943. The van der Waals surface area contributed by atoms with Gasteiger partial charge < -0.3 is 5.32 Å². The second-order valence-electron chi connectivity index (χ2n) is 6.21. The van der Waals surface area contributed by atoms with Crippen LogP contribution in [0.3, 0.4) is 0 Å². The van der Waals surface area contributed by atoms with Gasteiger partial charge in [-0.3, -0.25) is 9.78 Å². The fourth-order valence-corrected chi connectivity index (χ4v) is 2.97. The van der Waals surface area contributed by atoms with E-state index in [9.17, 15) is 4.79 Å². The molecule has 6 heteroatoms. The number of nitrogens with one attached hydrogen (secondary N) is 1. The van der Waals surface area contributed by atoms with Gasteiger partial charge in [0, 0.05) is 29.5 Å². The van der Waals surface area contributed by atoms with Crippen LogP contribution in [-0.4, -0.2) is 20.7 Å². The highest BCUT2D eigenvalue weighted by atomic mass is 35.5. The molecule has 5 nitrogen and oxygen atoms in total. The van der Waals surface area contributed by atoms with Crippen LogP contribution in [0.2, 0.25) is 5.02 Å². The molecule has 0 bridgehead atoms. The highest BCUT2D eigenvalue weighted by Gasteiger charge is 2.17. The van der Waals surface area contributed by atoms with Crippen LogP contribution < -0.4 is 5.32 Å². The molecule has 2 aromatic heterocycles. The number of rotatable bonds is 5. The Hall–Kier alpha value is -3.44. The molecule has 2 heterocycles. The van der Waals surface area contributed by atoms with Crippen molar-refractivity contribution in [3.05, 3.63) is 101 Å². The number of halogens is 1. The maximum atomic E-state index is 12.9. The van der Waals surface area contributed by atoms with E-state index in [0.29, 0.717) is 17.3 Å². The second kappa shape index (κ2) is 8.06. The number of amides is 1. The molecule has 2 aromatic carbocycles. The number of carbonyl (C=O) groups excluding carboxylic acids is 1. The van der Waals surface area contributed by atoms with E-state index in [1.165, 1.54) is 0 Å². The summed E-state index contributed by atoms with van der Waals surface area (Å²) in [5, 5.41) is 8.22. The van der Waals surface area contributed by atoms with Crippen molar-refractivity contribution in [1.82, 2.24) is 20.1 Å². The summed E-state index contributed by atoms with van der Waals surface area (Å²) in [7, 11) is 0. The zero-order valence-corrected chi connectivity index (χ0v) is 15.7. The van der Waals surface area contributed by atoms with Crippen LogP contribution in [0.4, 0.5) is 0 Å². The van der Waals surface area contributed by atoms with Crippen LogP contribution in [0.15, 0.2) is 85.2 Å². The van der Waals surface area contributed by atoms with Crippen molar-refractivity contribution in [3.8, 4) is 16.9 Å². The summed E-state index contributed by atoms with van der Waals surface area (Å²) in [5.74, 6) is -0.214. The van der Waals surface area contributed by atoms with E-state index in [2.05, 4.69) is 15.4 Å². The third kappa shape index (κ3) is 3.94. The average molecular weight is 389 g/mol. The molecule has 0 fully saturated rings. The second-order valence-corrected chi connectivity index (χ2v) is 6.65. The first-order valence-electron chi connectivity index (χ1n) is 8.79. The molecule has 0 saturated heterocycles. The largest absolute Gasteiger partial charge is 0.347 e. The first-order valence-corrected chi connectivity index (χ1v) is 9.17. The first-order chi connectivity index (χ1) is 13.7. The van der Waals surface area contributed by atoms with Gasteiger partial charge in [0.05, 0.1) is 11.4 Å². The Labute approximate surface area is 167 Å². The van der Waals surface area contributed by atoms with Gasteiger partial charge in [0.25, 0.3) is 5.91 Å². The Morgan fingerprint density at radius 1 is 1.00 bits per heavy atom. The quantitative estimate of drug-likeness (QED) is 0.547. The lowest BCUT2D eigenvalue weighted by Gasteiger charge is -2.08. The van der Waals surface area contributed by atoms with Crippen LogP contribution in [-0.2, 0) is 6.54 Å². The number of benzene rings is 2. The SMILES string of the molecule is O=C(NCc1cccnc1)c1cc(-c2ccccc2)nn1-c1ccc(Cl)cc1. The minimum absolute atomic E-state index is 0.214. The number of hydrogen-bond donors (Lipinski definition) is 1. The van der Waals surface area contributed by atoms with Crippen molar-refractivity contribution < 1.29 is 4.79 Å². The van der Waals surface area contributed by atoms with E-state index < -0.39 is 0 Å². The van der Waals surface area contributed by atoms with Gasteiger partial charge >= 0.3 is 0 Å². The van der Waals surface area contributed by atoms with Gasteiger partial charge in [-0.05, 0) is 42.0 Å². The molecule has 1 amide bonds. The minimum atomic E-state index is -0.214. The average Bonchev–Trinajstić information content (AvgIpc) is 3.19. The molecule has 0 atom stereocenters. The molecule has 0 aliphatic heterocycles. The predicted molar refractivity (Wildman–Crippen MR) is 109 cm³/mol. The molecule has 4 aromatic rings. The monoisotopic (exact) mass is 388 g/mol. The van der Waals surface area contributed by atoms with E-state index in [0.717, 1.165) is 22.5 Å². The predicted octanol–water partition coefficient (Wildman–Crippen LogP) is 4.52. The maximum Gasteiger partial charge on any atom is 0.270 e. The van der Waals surface area contributed by atoms with Gasteiger partial charge in [0.15, 0.2) is 0 Å². The smallest absolute Gasteiger partial charge is 0.270 e. The Morgan fingerprint density at radius 2 is 1.79 bits per heavy atom. The molecule has 0 aliphatic rings. The van der Waals surface area contributed by atoms with Crippen LogP contribution in [0.25, 0.3) is 16.9 Å². The molecule has 1 N–H and O–H groups in total. The Bertz CT molecular complexity index is 1080. The van der Waals surface area contributed by atoms with E-state index in [-0.39, 0.29) is 5.91 Å². The van der Waals surface area contributed by atoms with Gasteiger partial charge in [-0.1, -0.05) is 48.0 Å². The summed E-state index contributed by atoms with van der Waals surface area (Å²) < 4.78 is 1.64. The maximum absolute atomic E-state index is 12.9. The molecule has 0 aliphatic carbocycles. The summed E-state index contributed by atoms with van der Waals surface area (Å²) in [6.07, 6.45) is 3.43. The fraction of sp³-hybridized carbons (Fsp3) is 0.0455. The molecular formula is C22H17ClN4O. The molecule has 0 saturated carbocycles. The topological polar surface area (TPSA) is 59.8 Å². The summed E-state index contributed by atoms with van der Waals surface area (Å²) >= 11 is 6.01. The Kier molecular flexibility index (Phi) is 5.17. The molecule has 0 unspecified atom stereocenters. The third-order valence-corrected chi connectivity index (χ3v) is 4.51. The summed E-state index contributed by atoms with van der Waals surface area (Å²) in [6.45, 7) is 0.388. The van der Waals surface area contributed by atoms with E-state index in [1.807, 2.05) is 54.6 Å². The minimum Gasteiger partial charge on any atom is -0.347 e. The van der Waals surface area contributed by atoms with E-state index in [4.69, 9.17) is 11.6 Å². The van der Waals surface area contributed by atoms with Gasteiger partial charge in [-0.15, -0.1) is 0 Å². The van der Waals surface area contributed by atoms with Crippen LogP contribution in [0.1, 0.15) is 16.1 Å². The number of aromatic nitrogens is 3. The summed E-state index contributed by atoms with van der Waals surface area (Å²) in [5.41, 5.74) is 3.80. The van der Waals surface area contributed by atoms with Crippen LogP contribution in [0, 0.1) is 0 Å². The number of hydrogen-bond acceptors (Lipinski definition) is 3. The third-order valence-electron chi connectivity index (χ3n) is 4.26. The highest BCUT2D eigenvalue weighted by Crippen LogP contribution is 2.22. The fourth-order valence-electron chi connectivity index (χ4n) is 2.85. The first kappa shape index (κ1) is 17.9. The van der Waals surface area contributed by atoms with Crippen molar-refractivity contribution in [1.29, 1.82) is 0 Å². The zero-order chi connectivity index (χ0) is 19.3. The van der Waals surface area contributed by atoms with Crippen LogP contribution in [0.5, 0.6) is 0 Å². The van der Waals surface area contributed by atoms with Crippen molar-refractivity contribution in [2.24, 2.45) is 0 Å². The van der Waals surface area contributed by atoms with E-state index >= 15 is 0 Å². The lowest BCUT2D eigenvalue weighted by Crippen LogP contribution is -2.25. The number of pyridine rings is 1. The number of carbonyl (C=O) groups is 1. The standard InChI is InChI=1S/C22H17ClN4O/c23-18-8-10-19(11-9-18)27-21(13-20(26-27)17-6-2-1-3-7-17)22(28)25-15-16-5-4-12-24-14-16/h1-14H,15H2,(H,25,28). The van der Waals surface area contributed by atoms with Crippen molar-refractivity contribution >= 4 is 17.5 Å². The summed E-state index contributed by atoms with van der Waals surface area (Å²) in [6, 6.07) is 22.5. The molecule has 0 radical (unpaired) electrons. The van der Waals surface area contributed by atoms with Crippen molar-refractivity contribution in [2.45, 2.75) is 6.54 Å². The van der Waals surface area contributed by atoms with Gasteiger partial charge in [0.1, 0.15) is 5.69 Å². The van der Waals surface area contributed by atoms with E-state index in [1.54, 1.807) is 35.3 Å². The Balaban J connectivity index is 1.68. The van der Waals surface area contributed by atoms with Gasteiger partial charge in [-0.2, -0.15) is 5.10 Å². The highest BCUT2D eigenvalue weighted by molar-refractivity contribution is 6.30. The molecule has 4 rings (SSSR count). The van der Waals surface area contributed by atoms with Crippen LogP contribution >= 0.6 is 11.6 Å². The van der Waals surface area contributed by atoms with Crippen molar-refractivity contribution in [2.75, 3.05) is 0 Å². The van der Waals surface area contributed by atoms with Gasteiger partial charge in [0.2, 0.25) is 0 Å². The normalized spacial score (nSPS) is 10.6. The number of nitrogens with zero attached hydrogens (tertiary/aromatic N) is 3. The van der Waals surface area contributed by atoms with Gasteiger partial charge in [-0.25, -0.2) is 4.68 Å². The molecule has 0 spiro atoms. The van der Waals surface area contributed by atoms with Crippen molar-refractivity contribution in [3.63, 3.8) is 0 Å². The molecule has 28 heavy (non-hydrogen) atoms.